The van der Waals surface area contributed by atoms with Gasteiger partial charge in [-0.1, -0.05) is 20.8 Å². The van der Waals surface area contributed by atoms with Crippen molar-refractivity contribution in [2.45, 2.75) is 33.2 Å². The topological polar surface area (TPSA) is 38.7 Å². The molecule has 0 radical (unpaired) electrons. The molecule has 78 valence electrons. The van der Waals surface area contributed by atoms with E-state index in [0.717, 1.165) is 0 Å². The monoisotopic (exact) mass is 188 g/mol. The van der Waals surface area contributed by atoms with Gasteiger partial charge in [0.05, 0.1) is 12.7 Å². The van der Waals surface area contributed by atoms with Crippen LogP contribution in [0.3, 0.4) is 0 Å². The molecule has 0 aromatic rings. The lowest BCUT2D eigenvalue weighted by Crippen LogP contribution is -2.46. The minimum Gasteiger partial charge on any atom is -0.394 e. The van der Waals surface area contributed by atoms with Crippen LogP contribution in [0.15, 0.2) is 0 Å². The van der Waals surface area contributed by atoms with Gasteiger partial charge in [-0.25, -0.2) is 0 Å². The van der Waals surface area contributed by atoms with Crippen LogP contribution in [0.25, 0.3) is 0 Å². The fraction of sp³-hybridized carbons (Fsp3) is 1.00. The quantitative estimate of drug-likeness (QED) is 0.709. The summed E-state index contributed by atoms with van der Waals surface area (Å²) >= 11 is 0. The van der Waals surface area contributed by atoms with Crippen LogP contribution in [0.2, 0.25) is 0 Å². The van der Waals surface area contributed by atoms with Gasteiger partial charge < -0.3 is 14.6 Å². The molecule has 1 rings (SSSR count). The van der Waals surface area contributed by atoms with E-state index in [2.05, 4.69) is 20.8 Å². The predicted octanol–water partition coefficient (Wildman–Crippen LogP) is 1.26. The van der Waals surface area contributed by atoms with Gasteiger partial charge in [0.1, 0.15) is 0 Å². The summed E-state index contributed by atoms with van der Waals surface area (Å²) in [6.07, 6.45) is -0.237. The Hall–Kier alpha value is -0.120. The van der Waals surface area contributed by atoms with Gasteiger partial charge in [-0.2, -0.15) is 0 Å². The molecule has 0 aromatic carbocycles. The summed E-state index contributed by atoms with van der Waals surface area (Å²) in [6.45, 7) is 6.52. The second-order valence-corrected chi connectivity index (χ2v) is 4.04. The fourth-order valence-electron chi connectivity index (χ4n) is 1.96. The maximum absolute atomic E-state index is 9.10. The Morgan fingerprint density at radius 3 is 2.23 bits per heavy atom. The molecule has 1 saturated heterocycles. The number of methoxy groups -OCH3 is 1. The standard InChI is InChI=1S/C10H20O3/c1-6-7(2)9(5-11)13-10(12-4)8(6)3/h6-11H,5H2,1-4H3. The summed E-state index contributed by atoms with van der Waals surface area (Å²) in [4.78, 5) is 0. The van der Waals surface area contributed by atoms with Gasteiger partial charge in [0, 0.05) is 13.0 Å². The fourth-order valence-corrected chi connectivity index (χ4v) is 1.96. The van der Waals surface area contributed by atoms with Crippen molar-refractivity contribution in [3.63, 3.8) is 0 Å². The smallest absolute Gasteiger partial charge is 0.160 e. The maximum Gasteiger partial charge on any atom is 0.160 e. The number of rotatable bonds is 2. The first kappa shape index (κ1) is 11.0. The molecule has 5 atom stereocenters. The molecule has 0 spiro atoms. The SMILES string of the molecule is COC1OC(CO)C(C)C(C)C1C. The number of hydrogen-bond acceptors (Lipinski definition) is 3. The zero-order chi connectivity index (χ0) is 10.0. The van der Waals surface area contributed by atoms with Crippen LogP contribution in [-0.2, 0) is 9.47 Å². The molecule has 0 saturated carbocycles. The second-order valence-electron chi connectivity index (χ2n) is 4.04. The molecule has 0 aliphatic carbocycles. The Kier molecular flexibility index (Phi) is 3.71. The van der Waals surface area contributed by atoms with Gasteiger partial charge in [0.25, 0.3) is 0 Å². The predicted molar refractivity (Wildman–Crippen MR) is 50.2 cm³/mol. The molecule has 0 aromatic heterocycles. The lowest BCUT2D eigenvalue weighted by Gasteiger charge is -2.42. The van der Waals surface area contributed by atoms with Crippen LogP contribution in [-0.4, -0.2) is 31.2 Å². The van der Waals surface area contributed by atoms with E-state index in [9.17, 15) is 0 Å². The number of aliphatic hydroxyl groups excluding tert-OH is 1. The van der Waals surface area contributed by atoms with E-state index in [0.29, 0.717) is 17.8 Å². The van der Waals surface area contributed by atoms with Gasteiger partial charge >= 0.3 is 0 Å². The van der Waals surface area contributed by atoms with Crippen molar-refractivity contribution in [3.8, 4) is 0 Å². The lowest BCUT2D eigenvalue weighted by molar-refractivity contribution is -0.244. The van der Waals surface area contributed by atoms with E-state index in [1.54, 1.807) is 7.11 Å². The summed E-state index contributed by atoms with van der Waals surface area (Å²) in [6, 6.07) is 0. The largest absolute Gasteiger partial charge is 0.394 e. The van der Waals surface area contributed by atoms with Crippen LogP contribution in [0.1, 0.15) is 20.8 Å². The Balaban J connectivity index is 2.66. The molecule has 13 heavy (non-hydrogen) atoms. The molecule has 1 aliphatic rings. The van der Waals surface area contributed by atoms with Gasteiger partial charge in [0.2, 0.25) is 0 Å². The molecular weight excluding hydrogens is 168 g/mol. The van der Waals surface area contributed by atoms with Gasteiger partial charge in [-0.3, -0.25) is 0 Å². The van der Waals surface area contributed by atoms with Crippen LogP contribution in [0.4, 0.5) is 0 Å². The molecule has 0 amide bonds. The molecule has 0 bridgehead atoms. The van der Waals surface area contributed by atoms with Crippen molar-refractivity contribution in [2.24, 2.45) is 17.8 Å². The Morgan fingerprint density at radius 1 is 1.15 bits per heavy atom. The number of aliphatic hydroxyl groups is 1. The van der Waals surface area contributed by atoms with Crippen molar-refractivity contribution in [2.75, 3.05) is 13.7 Å². The molecule has 5 unspecified atom stereocenters. The third-order valence-electron chi connectivity index (χ3n) is 3.40. The summed E-state index contributed by atoms with van der Waals surface area (Å²) in [7, 11) is 1.65. The minimum atomic E-state index is -0.164. The highest BCUT2D eigenvalue weighted by Gasteiger charge is 2.38. The van der Waals surface area contributed by atoms with Crippen molar-refractivity contribution in [1.82, 2.24) is 0 Å². The molecule has 1 heterocycles. The highest BCUT2D eigenvalue weighted by molar-refractivity contribution is 4.82. The van der Waals surface area contributed by atoms with Crippen molar-refractivity contribution in [3.05, 3.63) is 0 Å². The highest BCUT2D eigenvalue weighted by atomic mass is 16.7. The zero-order valence-corrected chi connectivity index (χ0v) is 8.86. The Bertz CT molecular complexity index is 140. The zero-order valence-electron chi connectivity index (χ0n) is 8.86. The third-order valence-corrected chi connectivity index (χ3v) is 3.40. The van der Waals surface area contributed by atoms with Gasteiger partial charge in [-0.05, 0) is 11.8 Å². The molecule has 3 heteroatoms. The summed E-state index contributed by atoms with van der Waals surface area (Å²) in [5.41, 5.74) is 0. The maximum atomic E-state index is 9.10. The highest BCUT2D eigenvalue weighted by Crippen LogP contribution is 2.34. The van der Waals surface area contributed by atoms with E-state index < -0.39 is 0 Å². The molecule has 1 aliphatic heterocycles. The van der Waals surface area contributed by atoms with E-state index in [1.807, 2.05) is 0 Å². The normalized spacial score (nSPS) is 46.4. The number of ether oxygens (including phenoxy) is 2. The summed E-state index contributed by atoms with van der Waals surface area (Å²) < 4.78 is 10.8. The van der Waals surface area contributed by atoms with E-state index in [4.69, 9.17) is 14.6 Å². The van der Waals surface area contributed by atoms with E-state index >= 15 is 0 Å². The first-order valence-electron chi connectivity index (χ1n) is 4.91. The van der Waals surface area contributed by atoms with E-state index in [-0.39, 0.29) is 19.0 Å². The third kappa shape index (κ3) is 2.03. The first-order chi connectivity index (χ1) is 6.11. The minimum absolute atomic E-state index is 0.0730. The van der Waals surface area contributed by atoms with Crippen molar-refractivity contribution >= 4 is 0 Å². The van der Waals surface area contributed by atoms with Crippen LogP contribution >= 0.6 is 0 Å². The Morgan fingerprint density at radius 2 is 1.77 bits per heavy atom. The molecule has 1 N–H and O–H groups in total. The average molecular weight is 188 g/mol. The molecular formula is C10H20O3. The van der Waals surface area contributed by atoms with Crippen LogP contribution < -0.4 is 0 Å². The molecule has 3 nitrogen and oxygen atoms in total. The van der Waals surface area contributed by atoms with Gasteiger partial charge in [-0.15, -0.1) is 0 Å². The summed E-state index contributed by atoms with van der Waals surface area (Å²) in [5.74, 6) is 1.31. The lowest BCUT2D eigenvalue weighted by atomic mass is 9.79. The van der Waals surface area contributed by atoms with Crippen molar-refractivity contribution in [1.29, 1.82) is 0 Å². The van der Waals surface area contributed by atoms with E-state index in [1.165, 1.54) is 0 Å². The van der Waals surface area contributed by atoms with Crippen LogP contribution in [0.5, 0.6) is 0 Å². The first-order valence-corrected chi connectivity index (χ1v) is 4.91. The van der Waals surface area contributed by atoms with Gasteiger partial charge in [0.15, 0.2) is 6.29 Å². The van der Waals surface area contributed by atoms with Crippen molar-refractivity contribution < 1.29 is 14.6 Å². The second kappa shape index (κ2) is 4.40. The van der Waals surface area contributed by atoms with Crippen LogP contribution in [0, 0.1) is 17.8 Å². The summed E-state index contributed by atoms with van der Waals surface area (Å²) in [5, 5.41) is 9.10. The average Bonchev–Trinajstić information content (AvgIpc) is 2.15. The number of hydrogen-bond donors (Lipinski definition) is 1. The molecule has 1 fully saturated rings. The Labute approximate surface area is 80.0 Å².